The lowest BCUT2D eigenvalue weighted by atomic mass is 9.98. The zero-order valence-corrected chi connectivity index (χ0v) is 23.6. The summed E-state index contributed by atoms with van der Waals surface area (Å²) in [5.41, 5.74) is 3.03. The van der Waals surface area contributed by atoms with Crippen LogP contribution in [0.3, 0.4) is 0 Å². The van der Waals surface area contributed by atoms with Gasteiger partial charge in [-0.1, -0.05) is 29.5 Å². The van der Waals surface area contributed by atoms with Crippen LogP contribution in [0.4, 0.5) is 23.3 Å². The highest BCUT2D eigenvalue weighted by Crippen LogP contribution is 2.46. The van der Waals surface area contributed by atoms with Gasteiger partial charge in [-0.3, -0.25) is 14.1 Å². The van der Waals surface area contributed by atoms with Gasteiger partial charge >= 0.3 is 6.36 Å². The van der Waals surface area contributed by atoms with Crippen molar-refractivity contribution in [3.63, 3.8) is 0 Å². The van der Waals surface area contributed by atoms with Crippen LogP contribution in [0.5, 0.6) is 0 Å². The Labute approximate surface area is 229 Å². The van der Waals surface area contributed by atoms with E-state index in [1.807, 2.05) is 36.9 Å². The molecule has 2 aliphatic rings. The molecule has 1 aliphatic heterocycles. The van der Waals surface area contributed by atoms with Crippen molar-refractivity contribution in [3.8, 4) is 11.3 Å². The minimum absolute atomic E-state index is 0.0577. The van der Waals surface area contributed by atoms with Gasteiger partial charge in [-0.05, 0) is 44.7 Å². The monoisotopic (exact) mass is 585 g/mol. The quantitative estimate of drug-likeness (QED) is 0.438. The smallest absolute Gasteiger partial charge is 0.371 e. The highest BCUT2D eigenvalue weighted by molar-refractivity contribution is 7.93. The van der Waals surface area contributed by atoms with Crippen LogP contribution in [0.25, 0.3) is 11.3 Å². The molecule has 1 saturated carbocycles. The molecule has 3 heterocycles. The van der Waals surface area contributed by atoms with E-state index < -0.39 is 28.1 Å². The number of anilines is 2. The molecular formula is C25H30F3N5O4S2. The number of hydrogen-bond acceptors (Lipinski definition) is 8. The van der Waals surface area contributed by atoms with Crippen LogP contribution in [-0.2, 0) is 26.5 Å². The van der Waals surface area contributed by atoms with E-state index in [0.29, 0.717) is 37.5 Å². The van der Waals surface area contributed by atoms with Gasteiger partial charge in [0.2, 0.25) is 0 Å². The number of morpholine rings is 1. The van der Waals surface area contributed by atoms with Crippen molar-refractivity contribution in [2.75, 3.05) is 29.3 Å². The lowest BCUT2D eigenvalue weighted by molar-refractivity contribution is -0.342. The van der Waals surface area contributed by atoms with Crippen molar-refractivity contribution in [3.05, 3.63) is 41.2 Å². The molecule has 2 aromatic heterocycles. The lowest BCUT2D eigenvalue weighted by Gasteiger charge is -2.41. The molecule has 2 atom stereocenters. The van der Waals surface area contributed by atoms with Gasteiger partial charge in [-0.15, -0.1) is 13.2 Å². The van der Waals surface area contributed by atoms with Crippen molar-refractivity contribution in [1.29, 1.82) is 0 Å². The number of nitrogens with zero attached hydrogens (tertiary/aromatic N) is 4. The summed E-state index contributed by atoms with van der Waals surface area (Å²) in [5, 5.41) is 5.06. The first-order valence-electron chi connectivity index (χ1n) is 12.5. The number of sulfonamides is 1. The largest absolute Gasteiger partial charge is 0.522 e. The molecule has 1 aliphatic carbocycles. The minimum atomic E-state index is -4.70. The van der Waals surface area contributed by atoms with E-state index in [1.54, 1.807) is 14.0 Å². The topological polar surface area (TPSA) is 98.6 Å². The highest BCUT2D eigenvalue weighted by Gasteiger charge is 2.48. The molecule has 0 bridgehead atoms. The lowest BCUT2D eigenvalue weighted by Crippen LogP contribution is -2.51. The van der Waals surface area contributed by atoms with Crippen LogP contribution in [-0.4, -0.2) is 60.9 Å². The summed E-state index contributed by atoms with van der Waals surface area (Å²) in [6.07, 6.45) is -3.42. The predicted molar refractivity (Wildman–Crippen MR) is 141 cm³/mol. The number of hydrogen-bond donors (Lipinski definition) is 1. The van der Waals surface area contributed by atoms with Crippen molar-refractivity contribution in [1.82, 2.24) is 14.8 Å². The number of nitrogens with one attached hydrogen (secondary N) is 1. The number of aromatic nitrogens is 3. The molecule has 39 heavy (non-hydrogen) atoms. The molecular weight excluding hydrogens is 555 g/mol. The molecule has 2 unspecified atom stereocenters. The van der Waals surface area contributed by atoms with Gasteiger partial charge in [0.05, 0.1) is 24.0 Å². The first-order valence-corrected chi connectivity index (χ1v) is 14.8. The highest BCUT2D eigenvalue weighted by atomic mass is 32.2. The summed E-state index contributed by atoms with van der Waals surface area (Å²) in [7, 11) is -2.31. The number of alkyl halides is 3. The first-order chi connectivity index (χ1) is 18.3. The molecule has 0 radical (unpaired) electrons. The molecule has 1 saturated heterocycles. The number of halogens is 3. The van der Waals surface area contributed by atoms with Crippen LogP contribution >= 0.6 is 11.3 Å². The summed E-state index contributed by atoms with van der Waals surface area (Å²) in [4.78, 5) is 6.85. The maximum atomic E-state index is 13.2. The summed E-state index contributed by atoms with van der Waals surface area (Å²) in [5.74, 6) is 0. The summed E-state index contributed by atoms with van der Waals surface area (Å²) < 4.78 is 79.5. The standard InChI is InChI=1S/C25H30F3N5O4S2/c1-15-6-5-7-16(2)20(15)21-22(38-23(29-21)31-39(34,35)19-13-32(4)30-17(19)3)33-10-11-36-24(14-33)9-8-18(12-24)37-25(26,27)28/h5-7,13,18H,8-12,14H2,1-4H3,(H,29,31). The van der Waals surface area contributed by atoms with Crippen molar-refractivity contribution >= 4 is 31.5 Å². The van der Waals surface area contributed by atoms with Gasteiger partial charge in [-0.25, -0.2) is 13.4 Å². The second-order valence-electron chi connectivity index (χ2n) is 10.2. The van der Waals surface area contributed by atoms with Gasteiger partial charge in [0.1, 0.15) is 15.6 Å². The number of aryl methyl sites for hydroxylation is 4. The van der Waals surface area contributed by atoms with Crippen LogP contribution in [0.2, 0.25) is 0 Å². The maximum absolute atomic E-state index is 13.2. The van der Waals surface area contributed by atoms with Crippen molar-refractivity contribution in [2.45, 2.75) is 63.0 Å². The molecule has 3 aromatic rings. The van der Waals surface area contributed by atoms with Gasteiger partial charge in [0, 0.05) is 38.3 Å². The fraction of sp³-hybridized carbons (Fsp3) is 0.520. The molecule has 1 N–H and O–H groups in total. The van der Waals surface area contributed by atoms with E-state index in [2.05, 4.69) is 14.6 Å². The third-order valence-electron chi connectivity index (χ3n) is 7.16. The molecule has 1 aromatic carbocycles. The SMILES string of the molecule is Cc1cccc(C)c1-c1nc(NS(=O)(=O)c2cn(C)nc2C)sc1N1CCOC2(CCC(OC(F)(F)F)C2)C1. The van der Waals surface area contributed by atoms with Crippen LogP contribution < -0.4 is 9.62 Å². The average molecular weight is 586 g/mol. The molecule has 2 fully saturated rings. The normalized spacial score (nSPS) is 22.1. The van der Waals surface area contributed by atoms with Gasteiger partial charge in [-0.2, -0.15) is 5.10 Å². The van der Waals surface area contributed by atoms with E-state index in [1.165, 1.54) is 22.2 Å². The van der Waals surface area contributed by atoms with E-state index >= 15 is 0 Å². The second kappa shape index (κ2) is 10.1. The van der Waals surface area contributed by atoms with Gasteiger partial charge in [0.15, 0.2) is 5.13 Å². The molecule has 0 amide bonds. The summed E-state index contributed by atoms with van der Waals surface area (Å²) >= 11 is 1.20. The molecule has 212 valence electrons. The molecule has 14 heteroatoms. The van der Waals surface area contributed by atoms with Crippen LogP contribution in [0, 0.1) is 20.8 Å². The average Bonchev–Trinajstić information content (AvgIpc) is 3.50. The Morgan fingerprint density at radius 3 is 2.59 bits per heavy atom. The van der Waals surface area contributed by atoms with Crippen molar-refractivity contribution < 1.29 is 31.1 Å². The Hall–Kier alpha value is -2.68. The Kier molecular flexibility index (Phi) is 7.19. The van der Waals surface area contributed by atoms with Gasteiger partial charge in [0.25, 0.3) is 10.0 Å². The maximum Gasteiger partial charge on any atom is 0.522 e. The Morgan fingerprint density at radius 1 is 1.23 bits per heavy atom. The van der Waals surface area contributed by atoms with Crippen LogP contribution in [0.1, 0.15) is 36.1 Å². The first kappa shape index (κ1) is 27.9. The number of ether oxygens (including phenoxy) is 2. The second-order valence-corrected chi connectivity index (χ2v) is 12.8. The Bertz CT molecular complexity index is 1470. The zero-order chi connectivity index (χ0) is 28.2. The van der Waals surface area contributed by atoms with E-state index in [0.717, 1.165) is 21.7 Å². The summed E-state index contributed by atoms with van der Waals surface area (Å²) in [6, 6.07) is 5.87. The molecule has 1 spiro atoms. The summed E-state index contributed by atoms with van der Waals surface area (Å²) in [6.45, 7) is 6.70. The van der Waals surface area contributed by atoms with Crippen LogP contribution in [0.15, 0.2) is 29.3 Å². The molecule has 5 rings (SSSR count). The number of benzene rings is 1. The minimum Gasteiger partial charge on any atom is -0.371 e. The molecule has 9 nitrogen and oxygen atoms in total. The predicted octanol–water partition coefficient (Wildman–Crippen LogP) is 4.93. The zero-order valence-electron chi connectivity index (χ0n) is 22.0. The Balaban J connectivity index is 1.50. The van der Waals surface area contributed by atoms with E-state index in [9.17, 15) is 21.6 Å². The number of thiazole rings is 1. The van der Waals surface area contributed by atoms with E-state index in [4.69, 9.17) is 9.72 Å². The van der Waals surface area contributed by atoms with E-state index in [-0.39, 0.29) is 22.9 Å². The number of rotatable bonds is 6. The third kappa shape index (κ3) is 5.79. The fourth-order valence-electron chi connectivity index (χ4n) is 5.56. The fourth-order valence-corrected chi connectivity index (χ4v) is 8.01. The third-order valence-corrected chi connectivity index (χ3v) is 9.77. The van der Waals surface area contributed by atoms with Gasteiger partial charge < -0.3 is 9.64 Å². The Morgan fingerprint density at radius 2 is 1.95 bits per heavy atom. The van der Waals surface area contributed by atoms with Crippen molar-refractivity contribution in [2.24, 2.45) is 7.05 Å².